The number of hydrogen-bond donors (Lipinski definition) is 1. The lowest BCUT2D eigenvalue weighted by molar-refractivity contribution is 0.0257. The molecule has 0 spiro atoms. The second-order valence-corrected chi connectivity index (χ2v) is 9.50. The average molecular weight is 449 g/mol. The fourth-order valence-corrected chi connectivity index (χ4v) is 4.53. The van der Waals surface area contributed by atoms with Crippen molar-refractivity contribution < 1.29 is 13.9 Å². The predicted octanol–water partition coefficient (Wildman–Crippen LogP) is 3.95. The highest BCUT2D eigenvalue weighted by atomic mass is 35.5. The molecule has 1 aromatic carbocycles. The Labute approximate surface area is 185 Å². The lowest BCUT2D eigenvalue weighted by Crippen LogP contribution is -2.64. The molecule has 3 heterocycles. The van der Waals surface area contributed by atoms with Gasteiger partial charge in [0.1, 0.15) is 17.4 Å². The van der Waals surface area contributed by atoms with Crippen molar-refractivity contribution in [2.24, 2.45) is 0 Å². The van der Waals surface area contributed by atoms with Gasteiger partial charge in [-0.25, -0.2) is 9.07 Å². The molecule has 2 atom stereocenters. The maximum atomic E-state index is 15.4. The molecule has 4 rings (SSSR count). The topological polar surface area (TPSA) is 87.0 Å². The van der Waals surface area contributed by atoms with E-state index in [1.807, 2.05) is 13.8 Å². The first-order chi connectivity index (χ1) is 14.6. The standard InChI is InChI=1S/C21H26ClFN6O2/c1-20(2)10-16(18(23)21(3,4)27-20)29-19-15(25-28-29)9-14(24-26-19)13-7-6-12(22)8-17(13)31-11-30-5/h6-9,16,18,27H,10-11H2,1-5H3/t16-,18-/m0/s1. The molecule has 166 valence electrons. The van der Waals surface area contributed by atoms with E-state index in [-0.39, 0.29) is 12.3 Å². The highest BCUT2D eigenvalue weighted by Gasteiger charge is 2.48. The number of hydrogen-bond acceptors (Lipinski definition) is 7. The van der Waals surface area contributed by atoms with Crippen molar-refractivity contribution in [3.05, 3.63) is 29.3 Å². The number of nitrogens with one attached hydrogen (secondary N) is 1. The molecule has 0 aliphatic carbocycles. The van der Waals surface area contributed by atoms with E-state index in [1.165, 1.54) is 7.11 Å². The summed E-state index contributed by atoms with van der Waals surface area (Å²) in [5.41, 5.74) is 1.23. The van der Waals surface area contributed by atoms with Crippen LogP contribution in [0.25, 0.3) is 22.4 Å². The van der Waals surface area contributed by atoms with E-state index in [0.29, 0.717) is 39.6 Å². The van der Waals surface area contributed by atoms with E-state index in [1.54, 1.807) is 28.9 Å². The van der Waals surface area contributed by atoms with Crippen LogP contribution in [0.5, 0.6) is 5.75 Å². The largest absolute Gasteiger partial charge is 0.467 e. The molecule has 1 aliphatic rings. The molecule has 0 radical (unpaired) electrons. The second-order valence-electron chi connectivity index (χ2n) is 9.07. The van der Waals surface area contributed by atoms with E-state index < -0.39 is 17.8 Å². The van der Waals surface area contributed by atoms with Crippen molar-refractivity contribution in [3.63, 3.8) is 0 Å². The van der Waals surface area contributed by atoms with Crippen molar-refractivity contribution in [2.75, 3.05) is 13.9 Å². The van der Waals surface area contributed by atoms with Crippen LogP contribution in [0.3, 0.4) is 0 Å². The molecule has 0 bridgehead atoms. The maximum Gasteiger partial charge on any atom is 0.201 e. The zero-order valence-corrected chi connectivity index (χ0v) is 18.9. The Morgan fingerprint density at radius 2 is 1.97 bits per heavy atom. The third-order valence-corrected chi connectivity index (χ3v) is 5.73. The molecule has 3 aromatic rings. The summed E-state index contributed by atoms with van der Waals surface area (Å²) >= 11 is 6.10. The normalized spacial score (nSPS) is 22.5. The third-order valence-electron chi connectivity index (χ3n) is 5.49. The Balaban J connectivity index is 1.73. The first-order valence-electron chi connectivity index (χ1n) is 10.0. The van der Waals surface area contributed by atoms with Crippen LogP contribution in [0.1, 0.15) is 40.2 Å². The van der Waals surface area contributed by atoms with Crippen molar-refractivity contribution in [1.29, 1.82) is 0 Å². The van der Waals surface area contributed by atoms with Crippen LogP contribution in [0, 0.1) is 0 Å². The smallest absolute Gasteiger partial charge is 0.201 e. The highest BCUT2D eigenvalue weighted by molar-refractivity contribution is 6.30. The number of alkyl halides is 1. The van der Waals surface area contributed by atoms with Gasteiger partial charge < -0.3 is 14.8 Å². The average Bonchev–Trinajstić information content (AvgIpc) is 3.11. The fourth-order valence-electron chi connectivity index (χ4n) is 4.37. The van der Waals surface area contributed by atoms with Gasteiger partial charge in [-0.3, -0.25) is 0 Å². The molecule has 1 saturated heterocycles. The van der Waals surface area contributed by atoms with Crippen LogP contribution in [0.4, 0.5) is 4.39 Å². The minimum atomic E-state index is -1.17. The molecule has 1 N–H and O–H groups in total. The van der Waals surface area contributed by atoms with Gasteiger partial charge in [-0.15, -0.1) is 15.3 Å². The minimum absolute atomic E-state index is 0.0678. The molecule has 0 amide bonds. The van der Waals surface area contributed by atoms with Gasteiger partial charge >= 0.3 is 0 Å². The molecule has 8 nitrogen and oxygen atoms in total. The third kappa shape index (κ3) is 4.22. The lowest BCUT2D eigenvalue weighted by atomic mass is 9.78. The van der Waals surface area contributed by atoms with Crippen molar-refractivity contribution in [2.45, 2.75) is 57.4 Å². The lowest BCUT2D eigenvalue weighted by Gasteiger charge is -2.48. The molecule has 1 fully saturated rings. The van der Waals surface area contributed by atoms with Crippen molar-refractivity contribution >= 4 is 22.8 Å². The van der Waals surface area contributed by atoms with Gasteiger partial charge in [0.05, 0.1) is 11.7 Å². The number of fused-ring (bicyclic) bond motifs is 1. The quantitative estimate of drug-likeness (QED) is 0.591. The van der Waals surface area contributed by atoms with E-state index in [2.05, 4.69) is 39.7 Å². The van der Waals surface area contributed by atoms with Gasteiger partial charge in [0.25, 0.3) is 0 Å². The van der Waals surface area contributed by atoms with Crippen LogP contribution >= 0.6 is 11.6 Å². The van der Waals surface area contributed by atoms with E-state index >= 15 is 4.39 Å². The minimum Gasteiger partial charge on any atom is -0.467 e. The molecular weight excluding hydrogens is 423 g/mol. The van der Waals surface area contributed by atoms with Gasteiger partial charge in [-0.1, -0.05) is 16.8 Å². The molecule has 1 aliphatic heterocycles. The maximum absolute atomic E-state index is 15.4. The van der Waals surface area contributed by atoms with Gasteiger partial charge in [-0.05, 0) is 58.4 Å². The van der Waals surface area contributed by atoms with Gasteiger partial charge in [-0.2, -0.15) is 0 Å². The van der Waals surface area contributed by atoms with Crippen molar-refractivity contribution in [3.8, 4) is 17.0 Å². The Morgan fingerprint density at radius 1 is 1.19 bits per heavy atom. The zero-order chi connectivity index (χ0) is 22.4. The van der Waals surface area contributed by atoms with Crippen LogP contribution in [-0.2, 0) is 4.74 Å². The summed E-state index contributed by atoms with van der Waals surface area (Å²) < 4.78 is 27.5. The first-order valence-corrected chi connectivity index (χ1v) is 10.4. The van der Waals surface area contributed by atoms with Gasteiger partial charge in [0.2, 0.25) is 5.65 Å². The van der Waals surface area contributed by atoms with Gasteiger partial charge in [0, 0.05) is 28.8 Å². The summed E-state index contributed by atoms with van der Waals surface area (Å²) in [7, 11) is 1.54. The summed E-state index contributed by atoms with van der Waals surface area (Å²) in [5.74, 6) is 0.515. The SMILES string of the molecule is COCOc1cc(Cl)ccc1-c1cc2nnn([C@H]3CC(C)(C)NC(C)(C)[C@H]3F)c2nn1. The summed E-state index contributed by atoms with van der Waals surface area (Å²) in [6.45, 7) is 7.89. The molecule has 0 saturated carbocycles. The first kappa shape index (κ1) is 21.9. The number of methoxy groups -OCH3 is 1. The monoisotopic (exact) mass is 448 g/mol. The van der Waals surface area contributed by atoms with Crippen LogP contribution in [0.15, 0.2) is 24.3 Å². The predicted molar refractivity (Wildman–Crippen MR) is 116 cm³/mol. The van der Waals surface area contributed by atoms with E-state index in [9.17, 15) is 0 Å². The molecule has 10 heteroatoms. The van der Waals surface area contributed by atoms with Crippen LogP contribution < -0.4 is 10.1 Å². The van der Waals surface area contributed by atoms with E-state index in [0.717, 1.165) is 0 Å². The Kier molecular flexibility index (Phi) is 5.61. The zero-order valence-electron chi connectivity index (χ0n) is 18.2. The van der Waals surface area contributed by atoms with Crippen molar-refractivity contribution in [1.82, 2.24) is 30.5 Å². The number of halogens is 2. The second kappa shape index (κ2) is 7.96. The number of piperidine rings is 1. The summed E-state index contributed by atoms with van der Waals surface area (Å²) in [6, 6.07) is 6.48. The van der Waals surface area contributed by atoms with Gasteiger partial charge in [0.15, 0.2) is 6.79 Å². The Hall–Kier alpha value is -2.36. The summed E-state index contributed by atoms with van der Waals surface area (Å²) in [4.78, 5) is 0. The molecule has 2 aromatic heterocycles. The summed E-state index contributed by atoms with van der Waals surface area (Å²) in [5, 5.41) is 21.1. The molecular formula is C21H26ClFN6O2. The molecule has 0 unspecified atom stereocenters. The number of benzene rings is 1. The van der Waals surface area contributed by atoms with E-state index in [4.69, 9.17) is 21.1 Å². The van der Waals surface area contributed by atoms with Crippen LogP contribution in [0.2, 0.25) is 5.02 Å². The number of ether oxygens (including phenoxy) is 2. The number of nitrogens with zero attached hydrogens (tertiary/aromatic N) is 5. The number of rotatable bonds is 5. The Morgan fingerprint density at radius 3 is 2.71 bits per heavy atom. The highest BCUT2D eigenvalue weighted by Crippen LogP contribution is 2.39. The number of aromatic nitrogens is 5. The molecule has 31 heavy (non-hydrogen) atoms. The summed E-state index contributed by atoms with van der Waals surface area (Å²) in [6.07, 6.45) is -0.622. The fraction of sp³-hybridized carbons (Fsp3) is 0.524. The van der Waals surface area contributed by atoms with Crippen LogP contribution in [-0.4, -0.2) is 56.3 Å². The Bertz CT molecular complexity index is 1100.